The molecule has 3 N–H and O–H groups in total. The summed E-state index contributed by atoms with van der Waals surface area (Å²) in [7, 11) is 1.62. The Labute approximate surface area is 110 Å². The molecule has 4 unspecified atom stereocenters. The Kier molecular flexibility index (Phi) is 3.33. The largest absolute Gasteiger partial charge is 0.386 e. The van der Waals surface area contributed by atoms with Gasteiger partial charge < -0.3 is 15.6 Å². The smallest absolute Gasteiger partial charge is 0.312 e. The molecule has 1 aromatic rings. The van der Waals surface area contributed by atoms with Gasteiger partial charge in [0.2, 0.25) is 0 Å². The molecule has 4 atom stereocenters. The van der Waals surface area contributed by atoms with Crippen LogP contribution in [0.5, 0.6) is 0 Å². The van der Waals surface area contributed by atoms with Crippen LogP contribution < -0.4 is 5.73 Å². The van der Waals surface area contributed by atoms with E-state index in [4.69, 9.17) is 10.5 Å². The standard InChI is InChI=1S/C11H18N4O4/c1-6-9(19-5-11(2,16)10(6)12)8-7(15(17)18)4-13-14(8)3/h4,6,9-10,16H,5,12H2,1-3H3. The molecule has 1 aliphatic heterocycles. The van der Waals surface area contributed by atoms with Gasteiger partial charge in [0.05, 0.1) is 11.5 Å². The van der Waals surface area contributed by atoms with Gasteiger partial charge in [-0.3, -0.25) is 14.8 Å². The van der Waals surface area contributed by atoms with Crippen LogP contribution in [0.25, 0.3) is 0 Å². The summed E-state index contributed by atoms with van der Waals surface area (Å²) >= 11 is 0. The Hall–Kier alpha value is -1.51. The molecule has 2 heterocycles. The molecule has 0 saturated carbocycles. The summed E-state index contributed by atoms with van der Waals surface area (Å²) in [4.78, 5) is 10.5. The first-order chi connectivity index (χ1) is 8.75. The summed E-state index contributed by atoms with van der Waals surface area (Å²) in [6.45, 7) is 3.44. The first-order valence-electron chi connectivity index (χ1n) is 6.01. The van der Waals surface area contributed by atoms with E-state index in [1.807, 2.05) is 0 Å². The van der Waals surface area contributed by atoms with Crippen molar-refractivity contribution in [2.24, 2.45) is 18.7 Å². The van der Waals surface area contributed by atoms with Crippen LogP contribution in [-0.4, -0.2) is 38.1 Å². The number of nitro groups is 1. The summed E-state index contributed by atoms with van der Waals surface area (Å²) in [6, 6.07) is -0.527. The second kappa shape index (κ2) is 4.55. The van der Waals surface area contributed by atoms with Crippen LogP contribution in [0.15, 0.2) is 6.20 Å². The molecule has 1 fully saturated rings. The van der Waals surface area contributed by atoms with Crippen LogP contribution in [0.4, 0.5) is 5.69 Å². The third kappa shape index (κ3) is 2.22. The molecule has 2 rings (SSSR count). The fourth-order valence-electron chi connectivity index (χ4n) is 2.50. The summed E-state index contributed by atoms with van der Waals surface area (Å²) < 4.78 is 7.02. The summed E-state index contributed by atoms with van der Waals surface area (Å²) in [5, 5.41) is 25.0. The topological polar surface area (TPSA) is 116 Å². The number of nitrogens with zero attached hydrogens (tertiary/aromatic N) is 3. The molecule has 1 aliphatic rings. The van der Waals surface area contributed by atoms with Gasteiger partial charge in [0, 0.05) is 19.0 Å². The summed E-state index contributed by atoms with van der Waals surface area (Å²) in [6.07, 6.45) is 0.645. The predicted octanol–water partition coefficient (Wildman–Crippen LogP) is 0.114. The van der Waals surface area contributed by atoms with E-state index in [2.05, 4.69) is 5.10 Å². The first kappa shape index (κ1) is 13.9. The monoisotopic (exact) mass is 270 g/mol. The first-order valence-corrected chi connectivity index (χ1v) is 6.01. The van der Waals surface area contributed by atoms with Crippen molar-refractivity contribution in [2.75, 3.05) is 6.61 Å². The van der Waals surface area contributed by atoms with Gasteiger partial charge in [-0.25, -0.2) is 0 Å². The maximum atomic E-state index is 11.0. The van der Waals surface area contributed by atoms with Gasteiger partial charge in [-0.2, -0.15) is 5.10 Å². The second-order valence-corrected chi connectivity index (χ2v) is 5.27. The minimum absolute atomic E-state index is 0.0332. The zero-order chi connectivity index (χ0) is 14.4. The molecule has 0 bridgehead atoms. The lowest BCUT2D eigenvalue weighted by atomic mass is 9.81. The highest BCUT2D eigenvalue weighted by Gasteiger charge is 2.45. The third-order valence-electron chi connectivity index (χ3n) is 3.75. The number of aryl methyl sites for hydroxylation is 1. The number of ether oxygens (including phenoxy) is 1. The number of hydrogen-bond acceptors (Lipinski definition) is 6. The van der Waals surface area contributed by atoms with Crippen LogP contribution in [0.1, 0.15) is 25.6 Å². The van der Waals surface area contributed by atoms with Crippen molar-refractivity contribution in [1.82, 2.24) is 9.78 Å². The number of hydrogen-bond donors (Lipinski definition) is 2. The molecule has 1 aromatic heterocycles. The molecule has 1 saturated heterocycles. The van der Waals surface area contributed by atoms with Gasteiger partial charge in [-0.1, -0.05) is 6.92 Å². The molecule has 0 aromatic carbocycles. The van der Waals surface area contributed by atoms with Crippen molar-refractivity contribution < 1.29 is 14.8 Å². The Morgan fingerprint density at radius 3 is 2.95 bits per heavy atom. The average molecular weight is 270 g/mol. The van der Waals surface area contributed by atoms with E-state index in [0.717, 1.165) is 0 Å². The number of aliphatic hydroxyl groups is 1. The van der Waals surface area contributed by atoms with Crippen molar-refractivity contribution in [3.8, 4) is 0 Å². The van der Waals surface area contributed by atoms with Crippen molar-refractivity contribution in [3.63, 3.8) is 0 Å². The van der Waals surface area contributed by atoms with Crippen LogP contribution in [0.3, 0.4) is 0 Å². The van der Waals surface area contributed by atoms with Gasteiger partial charge in [0.25, 0.3) is 0 Å². The van der Waals surface area contributed by atoms with E-state index in [1.54, 1.807) is 20.9 Å². The molecular formula is C11H18N4O4. The van der Waals surface area contributed by atoms with E-state index in [0.29, 0.717) is 5.69 Å². The Morgan fingerprint density at radius 2 is 2.37 bits per heavy atom. The lowest BCUT2D eigenvalue weighted by molar-refractivity contribution is -0.386. The molecule has 19 heavy (non-hydrogen) atoms. The minimum Gasteiger partial charge on any atom is -0.386 e. The average Bonchev–Trinajstić information content (AvgIpc) is 2.69. The highest BCUT2D eigenvalue weighted by atomic mass is 16.6. The fourth-order valence-corrected chi connectivity index (χ4v) is 2.50. The van der Waals surface area contributed by atoms with Crippen LogP contribution in [-0.2, 0) is 11.8 Å². The van der Waals surface area contributed by atoms with Crippen molar-refractivity contribution in [2.45, 2.75) is 31.6 Å². The third-order valence-corrected chi connectivity index (χ3v) is 3.75. The zero-order valence-electron chi connectivity index (χ0n) is 11.1. The van der Waals surface area contributed by atoms with Crippen LogP contribution in [0, 0.1) is 16.0 Å². The SMILES string of the molecule is CC1C(c2c([N+](=O)[O-])cnn2C)OCC(C)(O)C1N. The van der Waals surface area contributed by atoms with Crippen LogP contribution >= 0.6 is 0 Å². The maximum Gasteiger partial charge on any atom is 0.312 e. The molecule has 8 heteroatoms. The number of nitrogens with two attached hydrogens (primary N) is 1. The van der Waals surface area contributed by atoms with E-state index >= 15 is 0 Å². The van der Waals surface area contributed by atoms with Gasteiger partial charge in [0.1, 0.15) is 23.6 Å². The van der Waals surface area contributed by atoms with E-state index in [9.17, 15) is 15.2 Å². The molecular weight excluding hydrogens is 252 g/mol. The maximum absolute atomic E-state index is 11.0. The normalized spacial score (nSPS) is 35.3. The molecule has 0 aliphatic carbocycles. The van der Waals surface area contributed by atoms with E-state index in [1.165, 1.54) is 10.9 Å². The minimum atomic E-state index is -1.14. The van der Waals surface area contributed by atoms with Crippen LogP contribution in [0.2, 0.25) is 0 Å². The molecule has 8 nitrogen and oxygen atoms in total. The quantitative estimate of drug-likeness (QED) is 0.582. The van der Waals surface area contributed by atoms with Gasteiger partial charge in [-0.15, -0.1) is 0 Å². The van der Waals surface area contributed by atoms with Crippen molar-refractivity contribution in [3.05, 3.63) is 22.0 Å². The lowest BCUT2D eigenvalue weighted by Crippen LogP contribution is -2.58. The zero-order valence-corrected chi connectivity index (χ0v) is 11.1. The highest BCUT2D eigenvalue weighted by Crippen LogP contribution is 2.39. The number of aromatic nitrogens is 2. The van der Waals surface area contributed by atoms with E-state index in [-0.39, 0.29) is 18.2 Å². The van der Waals surface area contributed by atoms with E-state index < -0.39 is 22.7 Å². The van der Waals surface area contributed by atoms with Crippen molar-refractivity contribution >= 4 is 5.69 Å². The Balaban J connectivity index is 2.38. The molecule has 106 valence electrons. The number of rotatable bonds is 2. The molecule has 0 amide bonds. The van der Waals surface area contributed by atoms with Gasteiger partial charge >= 0.3 is 5.69 Å². The van der Waals surface area contributed by atoms with Gasteiger partial charge in [0.15, 0.2) is 0 Å². The highest BCUT2D eigenvalue weighted by molar-refractivity contribution is 5.35. The lowest BCUT2D eigenvalue weighted by Gasteiger charge is -2.43. The summed E-state index contributed by atoms with van der Waals surface area (Å²) in [5.41, 5.74) is 5.15. The predicted molar refractivity (Wildman–Crippen MR) is 66.3 cm³/mol. The second-order valence-electron chi connectivity index (χ2n) is 5.27. The fraction of sp³-hybridized carbons (Fsp3) is 0.727. The van der Waals surface area contributed by atoms with Crippen molar-refractivity contribution in [1.29, 1.82) is 0 Å². The summed E-state index contributed by atoms with van der Waals surface area (Å²) in [5.74, 6) is -0.266. The Bertz CT molecular complexity index is 499. The van der Waals surface area contributed by atoms with Gasteiger partial charge in [-0.05, 0) is 6.92 Å². The Morgan fingerprint density at radius 1 is 1.74 bits per heavy atom. The molecule has 0 spiro atoms. The molecule has 0 radical (unpaired) electrons.